The van der Waals surface area contributed by atoms with Crippen LogP contribution in [0.25, 0.3) is 0 Å². The first-order valence-electron chi connectivity index (χ1n) is 7.22. The molecule has 0 aliphatic heterocycles. The highest BCUT2D eigenvalue weighted by molar-refractivity contribution is 14.1. The number of halogens is 1. The van der Waals surface area contributed by atoms with E-state index in [1.165, 1.54) is 0 Å². The fourth-order valence-electron chi connectivity index (χ4n) is 2.64. The average Bonchev–Trinajstić information content (AvgIpc) is 2.62. The van der Waals surface area contributed by atoms with Crippen LogP contribution < -0.4 is 20.7 Å². The molecule has 0 unspecified atom stereocenters. The third-order valence-corrected chi connectivity index (χ3v) is 8.25. The van der Waals surface area contributed by atoms with E-state index < -0.39 is 7.14 Å². The molecule has 0 spiro atoms. The second-order valence-corrected chi connectivity index (χ2v) is 8.93. The van der Waals surface area contributed by atoms with Crippen molar-refractivity contribution in [3.05, 3.63) is 82.4 Å². The fourth-order valence-corrected chi connectivity index (χ4v) is 6.90. The molecule has 3 aromatic carbocycles. The molecule has 0 saturated heterocycles. The molecule has 0 aliphatic rings. The van der Waals surface area contributed by atoms with E-state index in [0.29, 0.717) is 5.75 Å². The van der Waals surface area contributed by atoms with E-state index in [4.69, 9.17) is 4.74 Å². The highest BCUT2D eigenvalue weighted by atomic mass is 127. The maximum absolute atomic E-state index is 14.3. The summed E-state index contributed by atoms with van der Waals surface area (Å²) >= 11 is 2.25. The SMILES string of the molecule is COc1ccccc1[P@](=O)(c1ccccc1)c1ccccc1I.[B]. The number of methoxy groups -OCH3 is 1. The minimum Gasteiger partial charge on any atom is -0.496 e. The Morgan fingerprint density at radius 1 is 0.792 bits per heavy atom. The molecular weight excluding hydrogens is 429 g/mol. The number of rotatable bonds is 4. The Morgan fingerprint density at radius 2 is 1.33 bits per heavy atom. The first-order chi connectivity index (χ1) is 11.2. The van der Waals surface area contributed by atoms with Crippen molar-refractivity contribution < 1.29 is 9.30 Å². The lowest BCUT2D eigenvalue weighted by Gasteiger charge is -2.22. The summed E-state index contributed by atoms with van der Waals surface area (Å²) in [6.45, 7) is 0. The van der Waals surface area contributed by atoms with Crippen LogP contribution in [0.5, 0.6) is 5.75 Å². The predicted octanol–water partition coefficient (Wildman–Crippen LogP) is 3.56. The minimum absolute atomic E-state index is 0. The molecule has 119 valence electrons. The summed E-state index contributed by atoms with van der Waals surface area (Å²) in [7, 11) is -1.39. The van der Waals surface area contributed by atoms with Crippen molar-refractivity contribution >= 4 is 54.1 Å². The lowest BCUT2D eigenvalue weighted by Crippen LogP contribution is -2.27. The van der Waals surface area contributed by atoms with Crippen LogP contribution in [0.1, 0.15) is 0 Å². The van der Waals surface area contributed by atoms with Gasteiger partial charge in [-0.25, -0.2) is 0 Å². The van der Waals surface area contributed by atoms with Crippen molar-refractivity contribution in [3.8, 4) is 5.75 Å². The molecule has 0 amide bonds. The largest absolute Gasteiger partial charge is 0.496 e. The van der Waals surface area contributed by atoms with Gasteiger partial charge in [0.2, 0.25) is 0 Å². The Hall–Kier alpha value is -1.52. The first kappa shape index (κ1) is 18.8. The van der Waals surface area contributed by atoms with E-state index >= 15 is 0 Å². The van der Waals surface area contributed by atoms with Crippen molar-refractivity contribution in [2.24, 2.45) is 0 Å². The van der Waals surface area contributed by atoms with Gasteiger partial charge in [-0.2, -0.15) is 0 Å². The highest BCUT2D eigenvalue weighted by Crippen LogP contribution is 2.45. The molecule has 3 aromatic rings. The normalized spacial score (nSPS) is 12.8. The molecule has 0 bridgehead atoms. The first-order valence-corrected chi connectivity index (χ1v) is 10.0. The lowest BCUT2D eigenvalue weighted by molar-refractivity contribution is 0.418. The zero-order chi connectivity index (χ0) is 16.3. The van der Waals surface area contributed by atoms with Crippen molar-refractivity contribution in [3.63, 3.8) is 0 Å². The quantitative estimate of drug-likeness (QED) is 0.349. The number of hydrogen-bond donors (Lipinski definition) is 0. The summed E-state index contributed by atoms with van der Waals surface area (Å²) in [6, 6.07) is 25.0. The molecule has 0 aromatic heterocycles. The maximum Gasteiger partial charge on any atom is 0.175 e. The van der Waals surface area contributed by atoms with Crippen LogP contribution in [-0.2, 0) is 4.57 Å². The Balaban J connectivity index is 0.00000208. The van der Waals surface area contributed by atoms with Crippen molar-refractivity contribution in [2.45, 2.75) is 0 Å². The van der Waals surface area contributed by atoms with Crippen molar-refractivity contribution in [1.29, 1.82) is 0 Å². The van der Waals surface area contributed by atoms with Gasteiger partial charge in [-0.15, -0.1) is 0 Å². The van der Waals surface area contributed by atoms with Crippen LogP contribution >= 0.6 is 29.7 Å². The molecule has 3 radical (unpaired) electrons. The molecule has 5 heteroatoms. The molecule has 0 fully saturated rings. The van der Waals surface area contributed by atoms with Gasteiger partial charge in [0.1, 0.15) is 5.75 Å². The average molecular weight is 445 g/mol. The monoisotopic (exact) mass is 445 g/mol. The van der Waals surface area contributed by atoms with Crippen LogP contribution in [0, 0.1) is 3.57 Å². The second-order valence-electron chi connectivity index (χ2n) is 5.07. The van der Waals surface area contributed by atoms with E-state index in [1.807, 2.05) is 78.9 Å². The highest BCUT2D eigenvalue weighted by Gasteiger charge is 2.33. The van der Waals surface area contributed by atoms with Crippen molar-refractivity contribution in [2.75, 3.05) is 7.11 Å². The predicted molar refractivity (Wildman–Crippen MR) is 111 cm³/mol. The lowest BCUT2D eigenvalue weighted by atomic mass is 10.3. The van der Waals surface area contributed by atoms with E-state index in [0.717, 1.165) is 19.5 Å². The second kappa shape index (κ2) is 8.04. The fraction of sp³-hybridized carbons (Fsp3) is 0.0526. The van der Waals surface area contributed by atoms with Gasteiger partial charge >= 0.3 is 0 Å². The van der Waals surface area contributed by atoms with Gasteiger partial charge in [-0.05, 0) is 46.9 Å². The zero-order valence-electron chi connectivity index (χ0n) is 13.2. The summed E-state index contributed by atoms with van der Waals surface area (Å²) in [6.07, 6.45) is 0. The van der Waals surface area contributed by atoms with Gasteiger partial charge in [-0.1, -0.05) is 54.6 Å². The molecule has 1 atom stereocenters. The van der Waals surface area contributed by atoms with Gasteiger partial charge in [-0.3, -0.25) is 0 Å². The molecule has 0 N–H and O–H groups in total. The molecule has 24 heavy (non-hydrogen) atoms. The minimum atomic E-state index is -3.00. The standard InChI is InChI=1S/C19H16IO2P.B/c1-22-17-12-6-8-14-19(17)23(21,15-9-3-2-4-10-15)18-13-7-5-11-16(18)20;/h2-14H,1H3;/t23-;/m0./s1. The Bertz CT molecular complexity index is 868. The zero-order valence-corrected chi connectivity index (χ0v) is 16.3. The van der Waals surface area contributed by atoms with Crippen LogP contribution in [-0.4, -0.2) is 15.5 Å². The third kappa shape index (κ3) is 3.31. The Labute approximate surface area is 158 Å². The van der Waals surface area contributed by atoms with E-state index in [1.54, 1.807) is 7.11 Å². The number of benzene rings is 3. The molecular formula is C19H16BIO2P. The van der Waals surface area contributed by atoms with Gasteiger partial charge in [0.25, 0.3) is 0 Å². The van der Waals surface area contributed by atoms with E-state index in [9.17, 15) is 4.57 Å². The van der Waals surface area contributed by atoms with Crippen LogP contribution in [0.3, 0.4) is 0 Å². The maximum atomic E-state index is 14.3. The van der Waals surface area contributed by atoms with E-state index in [-0.39, 0.29) is 8.41 Å². The molecule has 0 heterocycles. The number of ether oxygens (including phenoxy) is 1. The molecule has 0 saturated carbocycles. The molecule has 3 rings (SSSR count). The van der Waals surface area contributed by atoms with Gasteiger partial charge in [0.15, 0.2) is 7.14 Å². The summed E-state index contributed by atoms with van der Waals surface area (Å²) in [5.74, 6) is 0.652. The summed E-state index contributed by atoms with van der Waals surface area (Å²) in [4.78, 5) is 0. The Morgan fingerprint density at radius 3 is 1.96 bits per heavy atom. The van der Waals surface area contributed by atoms with Gasteiger partial charge in [0, 0.05) is 22.6 Å². The summed E-state index contributed by atoms with van der Waals surface area (Å²) in [5.41, 5.74) is 0. The number of para-hydroxylation sites is 1. The van der Waals surface area contributed by atoms with Gasteiger partial charge < -0.3 is 9.30 Å². The van der Waals surface area contributed by atoms with Gasteiger partial charge in [0.05, 0.1) is 12.4 Å². The smallest absolute Gasteiger partial charge is 0.175 e. The number of hydrogen-bond acceptors (Lipinski definition) is 2. The van der Waals surface area contributed by atoms with Crippen LogP contribution in [0.2, 0.25) is 0 Å². The van der Waals surface area contributed by atoms with Crippen LogP contribution in [0.15, 0.2) is 78.9 Å². The third-order valence-electron chi connectivity index (χ3n) is 3.74. The van der Waals surface area contributed by atoms with Crippen LogP contribution in [0.4, 0.5) is 0 Å². The Kier molecular flexibility index (Phi) is 6.30. The summed E-state index contributed by atoms with van der Waals surface area (Å²) < 4.78 is 20.8. The summed E-state index contributed by atoms with van der Waals surface area (Å²) in [5, 5.41) is 2.39. The van der Waals surface area contributed by atoms with E-state index in [2.05, 4.69) is 22.6 Å². The van der Waals surface area contributed by atoms with Crippen molar-refractivity contribution in [1.82, 2.24) is 0 Å². The molecule has 2 nitrogen and oxygen atoms in total. The molecule has 0 aliphatic carbocycles. The topological polar surface area (TPSA) is 26.3 Å².